The highest BCUT2D eigenvalue weighted by atomic mass is 35.5. The molecule has 0 heterocycles. The molecular formula is C8H4ClF3O3. The van der Waals surface area contributed by atoms with Gasteiger partial charge in [-0.2, -0.15) is 8.78 Å². The average Bonchev–Trinajstić information content (AvgIpc) is 2.10. The molecule has 7 heteroatoms. The van der Waals surface area contributed by atoms with E-state index in [9.17, 15) is 18.0 Å². The molecule has 0 aliphatic carbocycles. The van der Waals surface area contributed by atoms with Crippen LogP contribution in [-0.2, 0) is 4.79 Å². The number of carboxylic acid groups (broad SMARTS) is 1. The summed E-state index contributed by atoms with van der Waals surface area (Å²) in [5.74, 6) is -4.08. The third kappa shape index (κ3) is 2.76. The molecule has 0 atom stereocenters. The largest absolute Gasteiger partial charge is 0.501 e. The maximum atomic E-state index is 12.6. The van der Waals surface area contributed by atoms with Crippen LogP contribution in [-0.4, -0.2) is 17.2 Å². The van der Waals surface area contributed by atoms with E-state index in [1.165, 1.54) is 0 Å². The third-order valence-electron chi connectivity index (χ3n) is 1.38. The van der Waals surface area contributed by atoms with Crippen molar-refractivity contribution in [2.75, 3.05) is 0 Å². The van der Waals surface area contributed by atoms with E-state index in [1.54, 1.807) is 0 Å². The number of aliphatic carboxylic acids is 1. The fourth-order valence-corrected chi connectivity index (χ4v) is 0.893. The Morgan fingerprint density at radius 3 is 2.60 bits per heavy atom. The quantitative estimate of drug-likeness (QED) is 0.883. The van der Waals surface area contributed by atoms with E-state index in [0.29, 0.717) is 6.07 Å². The molecule has 0 saturated heterocycles. The molecule has 3 nitrogen and oxygen atoms in total. The minimum atomic E-state index is -4.45. The zero-order valence-corrected chi connectivity index (χ0v) is 7.76. The number of ether oxygens (including phenoxy) is 1. The number of hydrogen-bond acceptors (Lipinski definition) is 2. The molecule has 0 aliphatic rings. The molecule has 0 amide bonds. The number of rotatable bonds is 3. The van der Waals surface area contributed by atoms with Crippen LogP contribution in [0, 0.1) is 5.82 Å². The van der Waals surface area contributed by atoms with Gasteiger partial charge < -0.3 is 9.84 Å². The Labute approximate surface area is 87.0 Å². The van der Waals surface area contributed by atoms with Gasteiger partial charge in [-0.3, -0.25) is 0 Å². The van der Waals surface area contributed by atoms with E-state index < -0.39 is 23.6 Å². The second kappa shape index (κ2) is 3.98. The fourth-order valence-electron chi connectivity index (χ4n) is 0.737. The van der Waals surface area contributed by atoms with E-state index in [4.69, 9.17) is 16.7 Å². The lowest BCUT2D eigenvalue weighted by Gasteiger charge is -2.13. The summed E-state index contributed by atoms with van der Waals surface area (Å²) >= 11 is 5.39. The second-order valence-electron chi connectivity index (χ2n) is 2.50. The number of halogens is 4. The summed E-state index contributed by atoms with van der Waals surface area (Å²) in [6.07, 6.45) is -4.45. The Morgan fingerprint density at radius 1 is 1.47 bits per heavy atom. The molecule has 15 heavy (non-hydrogen) atoms. The van der Waals surface area contributed by atoms with Gasteiger partial charge in [0.05, 0.1) is 5.02 Å². The molecule has 1 rings (SSSR count). The summed E-state index contributed by atoms with van der Waals surface area (Å²) in [5.41, 5.74) is 0. The maximum Gasteiger partial charge on any atom is 0.501 e. The molecule has 0 aromatic heterocycles. The summed E-state index contributed by atoms with van der Waals surface area (Å²) in [6, 6.07) is 2.47. The molecule has 0 unspecified atom stereocenters. The highest BCUT2D eigenvalue weighted by Gasteiger charge is 2.42. The highest BCUT2D eigenvalue weighted by Crippen LogP contribution is 2.29. The van der Waals surface area contributed by atoms with E-state index >= 15 is 0 Å². The normalized spacial score (nSPS) is 11.2. The zero-order chi connectivity index (χ0) is 11.6. The lowest BCUT2D eigenvalue weighted by Crippen LogP contribution is -2.34. The van der Waals surface area contributed by atoms with Gasteiger partial charge in [0, 0.05) is 6.07 Å². The molecule has 1 aromatic carbocycles. The Balaban J connectivity index is 2.99. The summed E-state index contributed by atoms with van der Waals surface area (Å²) in [7, 11) is 0. The maximum absolute atomic E-state index is 12.6. The summed E-state index contributed by atoms with van der Waals surface area (Å²) in [6.45, 7) is 0. The highest BCUT2D eigenvalue weighted by molar-refractivity contribution is 6.32. The van der Waals surface area contributed by atoms with Crippen molar-refractivity contribution in [3.8, 4) is 5.75 Å². The van der Waals surface area contributed by atoms with E-state index in [1.807, 2.05) is 0 Å². The standard InChI is InChI=1S/C8H4ClF3O3/c9-5-2-1-4(10)3-6(5)15-8(11,12)7(13)14/h1-3H,(H,13,14). The van der Waals surface area contributed by atoms with Crippen LogP contribution in [0.1, 0.15) is 0 Å². The van der Waals surface area contributed by atoms with Crippen LogP contribution in [0.15, 0.2) is 18.2 Å². The Kier molecular flexibility index (Phi) is 3.09. The summed E-state index contributed by atoms with van der Waals surface area (Å²) in [4.78, 5) is 10.0. The zero-order valence-electron chi connectivity index (χ0n) is 7.01. The number of benzene rings is 1. The monoisotopic (exact) mass is 240 g/mol. The van der Waals surface area contributed by atoms with Gasteiger partial charge >= 0.3 is 12.1 Å². The predicted molar refractivity (Wildman–Crippen MR) is 44.6 cm³/mol. The van der Waals surface area contributed by atoms with Crippen LogP contribution in [0.2, 0.25) is 5.02 Å². The first-order valence-electron chi connectivity index (χ1n) is 3.58. The van der Waals surface area contributed by atoms with Crippen molar-refractivity contribution >= 4 is 17.6 Å². The van der Waals surface area contributed by atoms with Crippen LogP contribution < -0.4 is 4.74 Å². The van der Waals surface area contributed by atoms with Gasteiger partial charge in [-0.25, -0.2) is 9.18 Å². The molecule has 0 radical (unpaired) electrons. The molecule has 0 aliphatic heterocycles. The summed E-state index contributed by atoms with van der Waals surface area (Å²) in [5, 5.41) is 7.74. The average molecular weight is 241 g/mol. The first-order valence-corrected chi connectivity index (χ1v) is 3.96. The second-order valence-corrected chi connectivity index (χ2v) is 2.91. The van der Waals surface area contributed by atoms with Crippen LogP contribution >= 0.6 is 11.6 Å². The van der Waals surface area contributed by atoms with Gasteiger partial charge in [-0.15, -0.1) is 0 Å². The van der Waals surface area contributed by atoms with Crippen LogP contribution in [0.25, 0.3) is 0 Å². The van der Waals surface area contributed by atoms with E-state index in [0.717, 1.165) is 12.1 Å². The van der Waals surface area contributed by atoms with Gasteiger partial charge in [0.15, 0.2) is 0 Å². The van der Waals surface area contributed by atoms with Gasteiger partial charge in [0.1, 0.15) is 11.6 Å². The minimum Gasteiger partial charge on any atom is -0.474 e. The molecule has 0 bridgehead atoms. The molecule has 0 spiro atoms. The van der Waals surface area contributed by atoms with Gasteiger partial charge in [-0.05, 0) is 12.1 Å². The topological polar surface area (TPSA) is 46.5 Å². The van der Waals surface area contributed by atoms with Crippen molar-refractivity contribution < 1.29 is 27.8 Å². The Hall–Kier alpha value is -1.43. The Morgan fingerprint density at radius 2 is 2.07 bits per heavy atom. The molecule has 0 fully saturated rings. The van der Waals surface area contributed by atoms with Crippen molar-refractivity contribution in [3.63, 3.8) is 0 Å². The molecular weight excluding hydrogens is 237 g/mol. The number of carboxylic acids is 1. The summed E-state index contributed by atoms with van der Waals surface area (Å²) < 4.78 is 41.4. The Bertz CT molecular complexity index is 395. The number of carbonyl (C=O) groups is 1. The van der Waals surface area contributed by atoms with Crippen LogP contribution in [0.3, 0.4) is 0 Å². The predicted octanol–water partition coefficient (Wildman–Crippen LogP) is 2.54. The molecule has 0 saturated carbocycles. The van der Waals surface area contributed by atoms with Crippen LogP contribution in [0.5, 0.6) is 5.75 Å². The number of hydrogen-bond donors (Lipinski definition) is 1. The minimum absolute atomic E-state index is 0.308. The van der Waals surface area contributed by atoms with E-state index in [2.05, 4.69) is 4.74 Å². The van der Waals surface area contributed by atoms with Crippen LogP contribution in [0.4, 0.5) is 13.2 Å². The number of alkyl halides is 2. The smallest absolute Gasteiger partial charge is 0.474 e. The molecule has 1 N–H and O–H groups in total. The molecule has 1 aromatic rings. The van der Waals surface area contributed by atoms with Gasteiger partial charge in [0.25, 0.3) is 0 Å². The first kappa shape index (κ1) is 11.6. The van der Waals surface area contributed by atoms with Crippen molar-refractivity contribution in [1.29, 1.82) is 0 Å². The van der Waals surface area contributed by atoms with Gasteiger partial charge in [0.2, 0.25) is 0 Å². The third-order valence-corrected chi connectivity index (χ3v) is 1.69. The lowest BCUT2D eigenvalue weighted by molar-refractivity contribution is -0.210. The van der Waals surface area contributed by atoms with Crippen molar-refractivity contribution in [1.82, 2.24) is 0 Å². The van der Waals surface area contributed by atoms with Crippen molar-refractivity contribution in [3.05, 3.63) is 29.0 Å². The first-order chi connectivity index (χ1) is 6.83. The van der Waals surface area contributed by atoms with E-state index in [-0.39, 0.29) is 5.02 Å². The SMILES string of the molecule is O=C(O)C(F)(F)Oc1cc(F)ccc1Cl. The van der Waals surface area contributed by atoms with Gasteiger partial charge in [-0.1, -0.05) is 11.6 Å². The van der Waals surface area contributed by atoms with Crippen molar-refractivity contribution in [2.45, 2.75) is 6.11 Å². The lowest BCUT2D eigenvalue weighted by atomic mass is 10.3. The van der Waals surface area contributed by atoms with Crippen molar-refractivity contribution in [2.24, 2.45) is 0 Å². The fraction of sp³-hybridized carbons (Fsp3) is 0.125. The molecule has 82 valence electrons.